The minimum atomic E-state index is -4.31. The molecule has 116 valence electrons. The number of rotatable bonds is 3. The summed E-state index contributed by atoms with van der Waals surface area (Å²) in [4.78, 5) is 11.5. The van der Waals surface area contributed by atoms with Gasteiger partial charge in [0.15, 0.2) is 0 Å². The van der Waals surface area contributed by atoms with E-state index in [0.29, 0.717) is 19.4 Å². The molecule has 1 saturated heterocycles. The monoisotopic (exact) mass is 301 g/mol. The SMILES string of the molecule is COC(=O)C1CCNC(Cc2ccc(C(F)(F)F)cc2)C1. The first-order valence-electron chi connectivity index (χ1n) is 6.87. The second-order valence-electron chi connectivity index (χ2n) is 5.29. The summed E-state index contributed by atoms with van der Waals surface area (Å²) in [6.45, 7) is 0.713. The summed E-state index contributed by atoms with van der Waals surface area (Å²) in [7, 11) is 1.37. The number of esters is 1. The van der Waals surface area contributed by atoms with Gasteiger partial charge in [-0.3, -0.25) is 4.79 Å². The van der Waals surface area contributed by atoms with Gasteiger partial charge in [0.25, 0.3) is 0 Å². The molecular formula is C15H18F3NO2. The fourth-order valence-electron chi connectivity index (χ4n) is 2.66. The van der Waals surface area contributed by atoms with Crippen molar-refractivity contribution in [3.8, 4) is 0 Å². The van der Waals surface area contributed by atoms with Crippen molar-refractivity contribution < 1.29 is 22.7 Å². The molecule has 0 amide bonds. The number of ether oxygens (including phenoxy) is 1. The Labute approximate surface area is 121 Å². The molecule has 1 aliphatic rings. The van der Waals surface area contributed by atoms with Crippen LogP contribution in [-0.2, 0) is 22.1 Å². The summed E-state index contributed by atoms with van der Waals surface area (Å²) < 4.78 is 42.2. The maximum Gasteiger partial charge on any atom is 0.416 e. The molecule has 1 fully saturated rings. The molecule has 1 aromatic rings. The van der Waals surface area contributed by atoms with Gasteiger partial charge in [0.05, 0.1) is 18.6 Å². The lowest BCUT2D eigenvalue weighted by molar-refractivity contribution is -0.146. The van der Waals surface area contributed by atoms with Crippen molar-refractivity contribution in [1.82, 2.24) is 5.32 Å². The molecule has 2 rings (SSSR count). The van der Waals surface area contributed by atoms with Gasteiger partial charge in [-0.1, -0.05) is 12.1 Å². The quantitative estimate of drug-likeness (QED) is 0.873. The number of carbonyl (C=O) groups is 1. The van der Waals surface area contributed by atoms with E-state index in [0.717, 1.165) is 24.1 Å². The van der Waals surface area contributed by atoms with E-state index >= 15 is 0 Å². The Kier molecular flexibility index (Phi) is 4.88. The first-order valence-corrected chi connectivity index (χ1v) is 6.87. The van der Waals surface area contributed by atoms with E-state index in [1.807, 2.05) is 0 Å². The summed E-state index contributed by atoms with van der Waals surface area (Å²) in [6, 6.07) is 5.25. The molecule has 0 saturated carbocycles. The topological polar surface area (TPSA) is 38.3 Å². The van der Waals surface area contributed by atoms with Crippen LogP contribution >= 0.6 is 0 Å². The van der Waals surface area contributed by atoms with E-state index in [9.17, 15) is 18.0 Å². The lowest BCUT2D eigenvalue weighted by Gasteiger charge is -2.29. The molecule has 1 aromatic carbocycles. The lowest BCUT2D eigenvalue weighted by Crippen LogP contribution is -2.42. The lowest BCUT2D eigenvalue weighted by atomic mass is 9.89. The van der Waals surface area contributed by atoms with Crippen LogP contribution < -0.4 is 5.32 Å². The van der Waals surface area contributed by atoms with Crippen molar-refractivity contribution in [3.05, 3.63) is 35.4 Å². The molecular weight excluding hydrogens is 283 g/mol. The first kappa shape index (κ1) is 15.8. The van der Waals surface area contributed by atoms with Crippen LogP contribution in [0.25, 0.3) is 0 Å². The van der Waals surface area contributed by atoms with Gasteiger partial charge in [0, 0.05) is 6.04 Å². The van der Waals surface area contributed by atoms with Gasteiger partial charge >= 0.3 is 12.1 Å². The predicted molar refractivity (Wildman–Crippen MR) is 71.7 cm³/mol. The molecule has 0 spiro atoms. The maximum atomic E-state index is 12.5. The number of piperidine rings is 1. The molecule has 21 heavy (non-hydrogen) atoms. The minimum Gasteiger partial charge on any atom is -0.469 e. The van der Waals surface area contributed by atoms with Crippen molar-refractivity contribution in [2.75, 3.05) is 13.7 Å². The van der Waals surface area contributed by atoms with Crippen LogP contribution in [0.2, 0.25) is 0 Å². The van der Waals surface area contributed by atoms with Crippen molar-refractivity contribution in [2.24, 2.45) is 5.92 Å². The number of alkyl halides is 3. The molecule has 1 N–H and O–H groups in total. The third-order valence-corrected chi connectivity index (χ3v) is 3.79. The molecule has 0 bridgehead atoms. The highest BCUT2D eigenvalue weighted by Crippen LogP contribution is 2.29. The Hall–Kier alpha value is -1.56. The van der Waals surface area contributed by atoms with Crippen molar-refractivity contribution in [3.63, 3.8) is 0 Å². The standard InChI is InChI=1S/C15H18F3NO2/c1-21-14(20)11-6-7-19-13(9-11)8-10-2-4-12(5-3-10)15(16,17)18/h2-5,11,13,19H,6-9H2,1H3. The second-order valence-corrected chi connectivity index (χ2v) is 5.29. The third-order valence-electron chi connectivity index (χ3n) is 3.79. The van der Waals surface area contributed by atoms with Gasteiger partial charge in [-0.05, 0) is 43.5 Å². The summed E-state index contributed by atoms with van der Waals surface area (Å²) in [5.41, 5.74) is 0.182. The molecule has 3 nitrogen and oxygen atoms in total. The highest BCUT2D eigenvalue weighted by molar-refractivity contribution is 5.72. The summed E-state index contributed by atoms with van der Waals surface area (Å²) >= 11 is 0. The van der Waals surface area contributed by atoms with Gasteiger partial charge in [-0.25, -0.2) is 0 Å². The number of nitrogens with one attached hydrogen (secondary N) is 1. The largest absolute Gasteiger partial charge is 0.469 e. The second kappa shape index (κ2) is 6.47. The zero-order valence-corrected chi connectivity index (χ0v) is 11.7. The van der Waals surface area contributed by atoms with Crippen LogP contribution in [-0.4, -0.2) is 25.7 Å². The highest BCUT2D eigenvalue weighted by Gasteiger charge is 2.30. The van der Waals surface area contributed by atoms with Gasteiger partial charge in [0.1, 0.15) is 0 Å². The smallest absolute Gasteiger partial charge is 0.416 e. The van der Waals surface area contributed by atoms with Gasteiger partial charge in [-0.15, -0.1) is 0 Å². The van der Waals surface area contributed by atoms with Gasteiger partial charge in [0.2, 0.25) is 0 Å². The van der Waals surface area contributed by atoms with Crippen LogP contribution in [0.1, 0.15) is 24.0 Å². The van der Waals surface area contributed by atoms with Crippen LogP contribution in [0, 0.1) is 5.92 Å². The molecule has 2 unspecified atom stereocenters. The zero-order chi connectivity index (χ0) is 15.5. The molecule has 6 heteroatoms. The fraction of sp³-hybridized carbons (Fsp3) is 0.533. The van der Waals surface area contributed by atoms with E-state index in [-0.39, 0.29) is 17.9 Å². The maximum absolute atomic E-state index is 12.5. The van der Waals surface area contributed by atoms with E-state index < -0.39 is 11.7 Å². The van der Waals surface area contributed by atoms with E-state index in [4.69, 9.17) is 4.74 Å². The fourth-order valence-corrected chi connectivity index (χ4v) is 2.66. The number of halogens is 3. The van der Waals surface area contributed by atoms with E-state index in [1.165, 1.54) is 19.2 Å². The zero-order valence-electron chi connectivity index (χ0n) is 11.7. The number of carbonyl (C=O) groups excluding carboxylic acids is 1. The van der Waals surface area contributed by atoms with Gasteiger partial charge < -0.3 is 10.1 Å². The number of hydrogen-bond acceptors (Lipinski definition) is 3. The number of methoxy groups -OCH3 is 1. The molecule has 2 atom stereocenters. The minimum absolute atomic E-state index is 0.0830. The van der Waals surface area contributed by atoms with Crippen LogP contribution in [0.15, 0.2) is 24.3 Å². The van der Waals surface area contributed by atoms with Crippen LogP contribution in [0.3, 0.4) is 0 Å². The molecule has 1 heterocycles. The van der Waals surface area contributed by atoms with E-state index in [1.54, 1.807) is 0 Å². The molecule has 1 aliphatic heterocycles. The summed E-state index contributed by atoms with van der Waals surface area (Å²) in [6.07, 6.45) is -2.33. The summed E-state index contributed by atoms with van der Waals surface area (Å²) in [5, 5.41) is 3.29. The average molecular weight is 301 g/mol. The first-order chi connectivity index (χ1) is 9.90. The Morgan fingerprint density at radius 2 is 2.00 bits per heavy atom. The Balaban J connectivity index is 1.96. The molecule has 0 aliphatic carbocycles. The average Bonchev–Trinajstić information content (AvgIpc) is 2.46. The Bertz CT molecular complexity index is 485. The Morgan fingerprint density at radius 1 is 1.33 bits per heavy atom. The highest BCUT2D eigenvalue weighted by atomic mass is 19.4. The van der Waals surface area contributed by atoms with E-state index in [2.05, 4.69) is 5.32 Å². The van der Waals surface area contributed by atoms with Gasteiger partial charge in [-0.2, -0.15) is 13.2 Å². The number of benzene rings is 1. The Morgan fingerprint density at radius 3 is 2.57 bits per heavy atom. The molecule has 0 aromatic heterocycles. The van der Waals surface area contributed by atoms with Crippen molar-refractivity contribution >= 4 is 5.97 Å². The predicted octanol–water partition coefficient (Wildman–Crippen LogP) is 2.79. The third kappa shape index (κ3) is 4.20. The van der Waals surface area contributed by atoms with Crippen LogP contribution in [0.4, 0.5) is 13.2 Å². The van der Waals surface area contributed by atoms with Crippen LogP contribution in [0.5, 0.6) is 0 Å². The van der Waals surface area contributed by atoms with Crippen molar-refractivity contribution in [2.45, 2.75) is 31.5 Å². The number of hydrogen-bond donors (Lipinski definition) is 1. The van der Waals surface area contributed by atoms with Crippen molar-refractivity contribution in [1.29, 1.82) is 0 Å². The summed E-state index contributed by atoms with van der Waals surface area (Å²) in [5.74, 6) is -0.343. The molecule has 0 radical (unpaired) electrons. The normalized spacial score (nSPS) is 22.9.